The Labute approximate surface area is 306 Å². The number of nitrogens with zero attached hydrogens (tertiary/aromatic N) is 3. The van der Waals surface area contributed by atoms with Crippen molar-refractivity contribution in [1.82, 2.24) is 30.2 Å². The Balaban J connectivity index is 1.38. The van der Waals surface area contributed by atoms with Crippen molar-refractivity contribution in [1.29, 1.82) is 0 Å². The normalized spacial score (nSPS) is 12.9. The zero-order valence-corrected chi connectivity index (χ0v) is 31.2. The molecule has 4 aromatic rings. The molecule has 4 rings (SSSR count). The number of nitrogens with one attached hydrogen (secondary N) is 3. The average molecular weight is 738 g/mol. The number of amides is 4. The van der Waals surface area contributed by atoms with Crippen LogP contribution in [0.25, 0.3) is 0 Å². The van der Waals surface area contributed by atoms with Gasteiger partial charge < -0.3 is 26.0 Å². The van der Waals surface area contributed by atoms with E-state index in [1.807, 2.05) is 53.9 Å². The summed E-state index contributed by atoms with van der Waals surface area (Å²) < 4.78 is 8.49. The standard InChI is InChI=1S/C36H47N7O4S3/c1-25(2)34-39-29(23-48-34)21-43(3)35(45)41-32(16-17-37)33(44)42-50-30(19-27-12-8-5-9-13-27)15-14-28(18-26-10-6-4-7-11-26)40-36(46)47-22-31-20-38-24-49-31/h4-13,20,23-25,28,30,32H,14-19,21-22,37H2,1-3H3,(H,40,46)(H,41,45)(H,42,44). The van der Waals surface area contributed by atoms with E-state index in [1.54, 1.807) is 30.1 Å². The minimum absolute atomic E-state index is 0.0219. The van der Waals surface area contributed by atoms with Gasteiger partial charge in [-0.05, 0) is 61.7 Å². The van der Waals surface area contributed by atoms with Gasteiger partial charge in [-0.3, -0.25) is 14.5 Å². The second-order valence-electron chi connectivity index (χ2n) is 12.3. The van der Waals surface area contributed by atoms with Crippen LogP contribution in [0.15, 0.2) is 77.8 Å². The van der Waals surface area contributed by atoms with Gasteiger partial charge in [-0.2, -0.15) is 0 Å². The van der Waals surface area contributed by atoms with Gasteiger partial charge in [0.2, 0.25) is 0 Å². The summed E-state index contributed by atoms with van der Waals surface area (Å²) in [5.41, 5.74) is 10.6. The first kappa shape index (κ1) is 38.8. The molecule has 0 aliphatic heterocycles. The van der Waals surface area contributed by atoms with Crippen molar-refractivity contribution in [3.05, 3.63) is 104 Å². The number of benzene rings is 2. The van der Waals surface area contributed by atoms with Crippen molar-refractivity contribution in [2.75, 3.05) is 13.6 Å². The van der Waals surface area contributed by atoms with Crippen molar-refractivity contribution in [3.8, 4) is 0 Å². The van der Waals surface area contributed by atoms with Gasteiger partial charge in [0.05, 0.1) is 27.6 Å². The van der Waals surface area contributed by atoms with E-state index in [-0.39, 0.29) is 42.8 Å². The molecule has 0 aliphatic rings. The molecular weight excluding hydrogens is 691 g/mol. The highest BCUT2D eigenvalue weighted by molar-refractivity contribution is 7.98. The lowest BCUT2D eigenvalue weighted by Crippen LogP contribution is -2.50. The van der Waals surface area contributed by atoms with Crippen LogP contribution in [-0.2, 0) is 35.5 Å². The molecule has 3 atom stereocenters. The van der Waals surface area contributed by atoms with E-state index in [4.69, 9.17) is 10.5 Å². The fraction of sp³-hybridized carbons (Fsp3) is 0.417. The van der Waals surface area contributed by atoms with E-state index < -0.39 is 12.1 Å². The molecule has 50 heavy (non-hydrogen) atoms. The Morgan fingerprint density at radius 3 is 2.26 bits per heavy atom. The maximum Gasteiger partial charge on any atom is 0.407 e. The van der Waals surface area contributed by atoms with Crippen LogP contribution in [-0.4, -0.2) is 63.8 Å². The topological polar surface area (TPSA) is 152 Å². The highest BCUT2D eigenvalue weighted by Gasteiger charge is 2.25. The van der Waals surface area contributed by atoms with Gasteiger partial charge in [-0.1, -0.05) is 74.5 Å². The van der Waals surface area contributed by atoms with Crippen molar-refractivity contribution in [3.63, 3.8) is 0 Å². The second kappa shape index (κ2) is 20.6. The molecule has 0 radical (unpaired) electrons. The Bertz CT molecular complexity index is 1590. The largest absolute Gasteiger partial charge is 0.444 e. The van der Waals surface area contributed by atoms with Crippen LogP contribution < -0.4 is 21.1 Å². The molecule has 11 nitrogen and oxygen atoms in total. The number of hydrogen-bond acceptors (Lipinski definition) is 10. The predicted molar refractivity (Wildman–Crippen MR) is 202 cm³/mol. The van der Waals surface area contributed by atoms with Crippen LogP contribution in [0.2, 0.25) is 0 Å². The van der Waals surface area contributed by atoms with Crippen LogP contribution in [0.4, 0.5) is 9.59 Å². The first-order valence-electron chi connectivity index (χ1n) is 16.7. The third-order valence-electron chi connectivity index (χ3n) is 7.82. The molecule has 0 saturated heterocycles. The Kier molecular flexibility index (Phi) is 16.0. The summed E-state index contributed by atoms with van der Waals surface area (Å²) >= 11 is 4.34. The van der Waals surface area contributed by atoms with E-state index in [0.717, 1.165) is 26.7 Å². The SMILES string of the molecule is CC(C)c1nc(CN(C)C(=O)NC(CCN)C(=O)NSC(CCC(Cc2ccccc2)NC(=O)OCc2cncs2)Cc2ccccc2)cs1. The van der Waals surface area contributed by atoms with E-state index in [0.29, 0.717) is 38.1 Å². The summed E-state index contributed by atoms with van der Waals surface area (Å²) in [6, 6.07) is 18.7. The molecule has 5 N–H and O–H groups in total. The van der Waals surface area contributed by atoms with Crippen molar-refractivity contribution < 1.29 is 19.1 Å². The maximum atomic E-state index is 13.5. The van der Waals surface area contributed by atoms with Gasteiger partial charge in [0.1, 0.15) is 12.6 Å². The number of hydrogen-bond donors (Lipinski definition) is 4. The number of rotatable bonds is 19. The van der Waals surface area contributed by atoms with Gasteiger partial charge in [-0.25, -0.2) is 14.6 Å². The number of thiazole rings is 2. The van der Waals surface area contributed by atoms with Crippen molar-refractivity contribution in [2.24, 2.45) is 5.73 Å². The summed E-state index contributed by atoms with van der Waals surface area (Å²) in [5, 5.41) is 8.87. The zero-order valence-electron chi connectivity index (χ0n) is 28.7. The first-order chi connectivity index (χ1) is 24.2. The number of nitrogens with two attached hydrogens (primary N) is 1. The molecule has 2 aromatic heterocycles. The highest BCUT2D eigenvalue weighted by Crippen LogP contribution is 2.22. The Morgan fingerprint density at radius 1 is 0.940 bits per heavy atom. The van der Waals surface area contributed by atoms with E-state index in [9.17, 15) is 14.4 Å². The lowest BCUT2D eigenvalue weighted by atomic mass is 9.99. The molecule has 0 aliphatic carbocycles. The number of aromatic nitrogens is 2. The van der Waals surface area contributed by atoms with Crippen LogP contribution in [0.5, 0.6) is 0 Å². The molecule has 0 fully saturated rings. The van der Waals surface area contributed by atoms with E-state index in [1.165, 1.54) is 28.2 Å². The average Bonchev–Trinajstić information content (AvgIpc) is 3.82. The van der Waals surface area contributed by atoms with Gasteiger partial charge in [0, 0.05) is 35.8 Å². The van der Waals surface area contributed by atoms with Gasteiger partial charge >= 0.3 is 12.1 Å². The maximum absolute atomic E-state index is 13.5. The summed E-state index contributed by atoms with van der Waals surface area (Å²) in [6.07, 6.45) is 4.15. The Morgan fingerprint density at radius 2 is 1.64 bits per heavy atom. The number of carbonyl (C=O) groups is 3. The molecule has 3 unspecified atom stereocenters. The third kappa shape index (κ3) is 13.4. The highest BCUT2D eigenvalue weighted by atomic mass is 32.2. The van der Waals surface area contributed by atoms with Crippen LogP contribution in [0, 0.1) is 0 Å². The number of carbonyl (C=O) groups excluding carboxylic acids is 3. The molecule has 0 saturated carbocycles. The van der Waals surface area contributed by atoms with Gasteiger partial charge in [-0.15, -0.1) is 22.7 Å². The van der Waals surface area contributed by atoms with E-state index >= 15 is 0 Å². The quantitative estimate of drug-likeness (QED) is 0.0822. The molecule has 2 aromatic carbocycles. The van der Waals surface area contributed by atoms with Crippen LogP contribution in [0.1, 0.15) is 65.7 Å². The van der Waals surface area contributed by atoms with Gasteiger partial charge in [0.25, 0.3) is 5.91 Å². The van der Waals surface area contributed by atoms with Gasteiger partial charge in [0.15, 0.2) is 0 Å². The molecule has 14 heteroatoms. The lowest BCUT2D eigenvalue weighted by molar-refractivity contribution is -0.121. The smallest absolute Gasteiger partial charge is 0.407 e. The van der Waals surface area contributed by atoms with Crippen LogP contribution >= 0.6 is 34.6 Å². The van der Waals surface area contributed by atoms with E-state index in [2.05, 4.69) is 51.3 Å². The van der Waals surface area contributed by atoms with Crippen molar-refractivity contribution in [2.45, 2.75) is 82.4 Å². The molecular formula is C36H47N7O4S3. The molecule has 2 heterocycles. The monoisotopic (exact) mass is 737 g/mol. The molecule has 0 bridgehead atoms. The zero-order chi connectivity index (χ0) is 35.7. The second-order valence-corrected chi connectivity index (χ2v) is 15.3. The number of alkyl carbamates (subject to hydrolysis) is 1. The minimum Gasteiger partial charge on any atom is -0.444 e. The predicted octanol–water partition coefficient (Wildman–Crippen LogP) is 6.28. The fourth-order valence-corrected chi connectivity index (χ4v) is 7.42. The number of ether oxygens (including phenoxy) is 1. The summed E-state index contributed by atoms with van der Waals surface area (Å²) in [5.74, 6) is -0.00243. The molecule has 0 spiro atoms. The van der Waals surface area contributed by atoms with Crippen molar-refractivity contribution >= 4 is 52.7 Å². The molecule has 268 valence electrons. The fourth-order valence-electron chi connectivity index (χ4n) is 5.13. The summed E-state index contributed by atoms with van der Waals surface area (Å²) in [4.78, 5) is 50.4. The lowest BCUT2D eigenvalue weighted by Gasteiger charge is -2.25. The summed E-state index contributed by atoms with van der Waals surface area (Å²) in [7, 11) is 1.68. The summed E-state index contributed by atoms with van der Waals surface area (Å²) in [6.45, 7) is 4.89. The first-order valence-corrected chi connectivity index (χ1v) is 19.3. The Hall–Kier alpha value is -3.98. The minimum atomic E-state index is -0.803. The third-order valence-corrected chi connectivity index (χ3v) is 10.8. The number of urea groups is 1. The van der Waals surface area contributed by atoms with Crippen LogP contribution in [0.3, 0.4) is 0 Å². The molecule has 4 amide bonds.